The van der Waals surface area contributed by atoms with Gasteiger partial charge >= 0.3 is 5.97 Å². The molecule has 3 aromatic heterocycles. The molecule has 0 radical (unpaired) electrons. The van der Waals surface area contributed by atoms with Gasteiger partial charge in [-0.2, -0.15) is 15.8 Å². The molecule has 434 valence electrons. The fraction of sp³-hybridized carbons (Fsp3) is 0.0615. The first-order chi connectivity index (χ1) is 42.1. The van der Waals surface area contributed by atoms with Crippen LogP contribution < -0.4 is 14.8 Å². The minimum atomic E-state index is -0.824. The van der Waals surface area contributed by atoms with Crippen LogP contribution in [0.25, 0.3) is 0 Å². The van der Waals surface area contributed by atoms with Crippen LogP contribution in [-0.2, 0) is 9.59 Å². The number of hydrogen-bond donors (Lipinski definition) is 4. The van der Waals surface area contributed by atoms with Crippen molar-refractivity contribution in [3.05, 3.63) is 280 Å². The number of nitrogens with one attached hydrogen (secondary N) is 2. The normalized spacial score (nSPS) is 10.3. The van der Waals surface area contributed by atoms with E-state index >= 15 is 0 Å². The number of nitrogens with zero attached hydrogens (tertiary/aromatic N) is 10. The Balaban J connectivity index is 0.000000208. The Morgan fingerprint density at radius 2 is 0.885 bits per heavy atom. The van der Waals surface area contributed by atoms with Gasteiger partial charge in [0.25, 0.3) is 0 Å². The van der Waals surface area contributed by atoms with Crippen LogP contribution in [0.3, 0.4) is 0 Å². The van der Waals surface area contributed by atoms with E-state index in [1.807, 2.05) is 133 Å². The van der Waals surface area contributed by atoms with Gasteiger partial charge < -0.3 is 25.0 Å². The Morgan fingerprint density at radius 3 is 1.23 bits per heavy atom. The number of hydrogen-bond acceptors (Lipinski definition) is 16. The van der Waals surface area contributed by atoms with Crippen molar-refractivity contribution in [2.24, 2.45) is 4.99 Å². The number of aromatic hydroxyl groups is 1. The number of amides is 1. The highest BCUT2D eigenvalue weighted by Gasteiger charge is 2.12. The Bertz CT molecular complexity index is 3830. The van der Waals surface area contributed by atoms with Gasteiger partial charge in [0.15, 0.2) is 21.9 Å². The summed E-state index contributed by atoms with van der Waals surface area (Å²) in [6.45, 7) is 3.27. The monoisotopic (exact) mass is 1320 g/mol. The van der Waals surface area contributed by atoms with Crippen LogP contribution in [0.15, 0.2) is 236 Å². The van der Waals surface area contributed by atoms with Crippen molar-refractivity contribution in [3.63, 3.8) is 0 Å². The van der Waals surface area contributed by atoms with Crippen LogP contribution in [0.1, 0.15) is 52.8 Å². The molecule has 2 unspecified atom stereocenters. The summed E-state index contributed by atoms with van der Waals surface area (Å²) in [7, 11) is 0. The zero-order chi connectivity index (χ0) is 62.8. The third-order valence-corrected chi connectivity index (χ3v) is 11.9. The van der Waals surface area contributed by atoms with E-state index in [2.05, 4.69) is 73.8 Å². The largest absolute Gasteiger partial charge is 0.507 e. The summed E-state index contributed by atoms with van der Waals surface area (Å²) in [6, 6.07) is 75.4. The van der Waals surface area contributed by atoms with E-state index in [0.29, 0.717) is 61.7 Å². The number of phenols is 1. The molecule has 3 heterocycles. The Kier molecular flexibility index (Phi) is 28.5. The lowest BCUT2D eigenvalue weighted by atomic mass is 10.0. The average Bonchev–Trinajstić information content (AvgIpc) is 3.72. The number of anilines is 1. The SMILES string of the molecule is CC(Br)C(=O)Nc1ccc(Oc2ccccc2C#N)nn1.CC(Br)C(=O)O.Clc1ccc(Cl)nn1.N#Cc1ccccc1O.N#Cc1ccccc1Oc1ccc(N=C(c2ccccc2)c2ccccc2)nn1.N=C(c1ccccc1)c1ccccc1. The zero-order valence-electron chi connectivity index (χ0n) is 46.1. The molecule has 0 aliphatic rings. The topological polar surface area (TPSA) is 290 Å². The first-order valence-electron chi connectivity index (χ1n) is 25.6. The number of aliphatic imine (C=N–C) groups is 1. The van der Waals surface area contributed by atoms with Crippen LogP contribution in [0, 0.1) is 39.4 Å². The smallest absolute Gasteiger partial charge is 0.316 e. The van der Waals surface area contributed by atoms with Gasteiger partial charge in [-0.25, -0.2) is 4.99 Å². The van der Waals surface area contributed by atoms with Gasteiger partial charge in [0.05, 0.1) is 32.9 Å². The maximum Gasteiger partial charge on any atom is 0.316 e. The van der Waals surface area contributed by atoms with Crippen molar-refractivity contribution in [1.29, 1.82) is 21.2 Å². The number of ether oxygens (including phenoxy) is 2. The Labute approximate surface area is 528 Å². The fourth-order valence-electron chi connectivity index (χ4n) is 6.46. The number of benzene rings is 7. The van der Waals surface area contributed by atoms with Gasteiger partial charge in [-0.3, -0.25) is 15.0 Å². The number of carbonyl (C=O) groups is 2. The molecule has 22 heteroatoms. The summed E-state index contributed by atoms with van der Waals surface area (Å²) in [5.41, 5.74) is 6.44. The second-order valence-electron chi connectivity index (χ2n) is 17.1. The highest BCUT2D eigenvalue weighted by atomic mass is 79.9. The number of carboxylic acid groups (broad SMARTS) is 1. The lowest BCUT2D eigenvalue weighted by Gasteiger charge is -2.08. The number of halogens is 4. The summed E-state index contributed by atoms with van der Waals surface area (Å²) in [5, 5.41) is 77.4. The van der Waals surface area contributed by atoms with Crippen molar-refractivity contribution in [1.82, 2.24) is 30.6 Å². The molecule has 18 nitrogen and oxygen atoms in total. The molecule has 1 amide bonds. The molecule has 0 fully saturated rings. The average molecular weight is 1330 g/mol. The van der Waals surface area contributed by atoms with Crippen molar-refractivity contribution in [2.75, 3.05) is 5.32 Å². The maximum absolute atomic E-state index is 11.5. The molecule has 87 heavy (non-hydrogen) atoms. The van der Waals surface area contributed by atoms with Crippen LogP contribution in [0.5, 0.6) is 29.0 Å². The fourth-order valence-corrected chi connectivity index (χ4v) is 6.78. The second-order valence-corrected chi connectivity index (χ2v) is 20.6. The van der Waals surface area contributed by atoms with Gasteiger partial charge in [0, 0.05) is 23.3 Å². The molecule has 4 N–H and O–H groups in total. The number of aromatic nitrogens is 6. The lowest BCUT2D eigenvalue weighted by Crippen LogP contribution is -2.20. The minimum absolute atomic E-state index is 0.0417. The van der Waals surface area contributed by atoms with Crippen molar-refractivity contribution < 1.29 is 29.3 Å². The standard InChI is InChI=1S/C24H16N4O.C14H11BrN4O2.C13H11N.C7H5NO.C4H2Cl2N2.C3H5BrO2/c25-17-20-13-7-8-14-21(20)29-23-16-15-22(27-28-23)26-24(18-9-3-1-4-10-18)19-11-5-2-6-12-19;1-9(15)14(20)17-12-6-7-13(19-18-12)21-11-5-3-2-4-10(11)8-16;14-13(11-7-3-1-4-8-11)12-9-5-2-6-10-12;8-5-6-3-1-2-4-7(6)9;5-3-1-2-4(6)8-7-3;1-2(4)3(5)6/h1-16H;2-7,9H,1H3,(H,17,18,20);1-10,14H;1-4,9H;1-2H;2H,1H3,(H,5,6). The number of carboxylic acids is 1. The highest BCUT2D eigenvalue weighted by molar-refractivity contribution is 9.10. The number of nitriles is 3. The van der Waals surface area contributed by atoms with Gasteiger partial charge in [-0.05, 0) is 85.6 Å². The summed E-state index contributed by atoms with van der Waals surface area (Å²) in [6.07, 6.45) is 0. The first kappa shape index (κ1) is 67.3. The molecular formula is C65H50Br2Cl2N12O6. The number of phenolic OH excluding ortho intramolecular Hbond substituents is 1. The molecule has 7 aromatic carbocycles. The van der Waals surface area contributed by atoms with Gasteiger partial charge in [0.1, 0.15) is 40.3 Å². The summed E-state index contributed by atoms with van der Waals surface area (Å²) in [4.78, 5) is 25.1. The minimum Gasteiger partial charge on any atom is -0.507 e. The van der Waals surface area contributed by atoms with E-state index in [0.717, 1.165) is 28.0 Å². The zero-order valence-corrected chi connectivity index (χ0v) is 50.8. The second kappa shape index (κ2) is 36.9. The molecular weight excluding hydrogens is 1280 g/mol. The third kappa shape index (κ3) is 23.9. The predicted octanol–water partition coefficient (Wildman–Crippen LogP) is 15.2. The van der Waals surface area contributed by atoms with Gasteiger partial charge in [0.2, 0.25) is 17.7 Å². The summed E-state index contributed by atoms with van der Waals surface area (Å²) >= 11 is 16.8. The van der Waals surface area contributed by atoms with E-state index in [9.17, 15) is 14.9 Å². The summed E-state index contributed by atoms with van der Waals surface area (Å²) < 4.78 is 11.2. The Hall–Kier alpha value is -10.5. The van der Waals surface area contributed by atoms with Crippen molar-refractivity contribution >= 4 is 90.0 Å². The molecule has 0 bridgehead atoms. The first-order valence-corrected chi connectivity index (χ1v) is 28.2. The molecule has 0 saturated heterocycles. The van der Waals surface area contributed by atoms with E-state index in [4.69, 9.17) is 63.8 Å². The van der Waals surface area contributed by atoms with Gasteiger partial charge in [-0.1, -0.05) is 213 Å². The molecule has 0 spiro atoms. The number of para-hydroxylation sites is 3. The molecule has 10 rings (SSSR count). The molecule has 0 aliphatic carbocycles. The van der Waals surface area contributed by atoms with Crippen LogP contribution in [0.2, 0.25) is 10.3 Å². The lowest BCUT2D eigenvalue weighted by molar-refractivity contribution is -0.135. The van der Waals surface area contributed by atoms with Crippen LogP contribution >= 0.6 is 55.1 Å². The molecule has 0 aliphatic heterocycles. The van der Waals surface area contributed by atoms with E-state index in [1.165, 1.54) is 6.07 Å². The maximum atomic E-state index is 11.5. The predicted molar refractivity (Wildman–Crippen MR) is 341 cm³/mol. The van der Waals surface area contributed by atoms with Crippen molar-refractivity contribution in [2.45, 2.75) is 23.5 Å². The Morgan fingerprint density at radius 1 is 0.506 bits per heavy atom. The number of rotatable bonds is 12. The van der Waals surface area contributed by atoms with E-state index in [1.54, 1.807) is 117 Å². The quantitative estimate of drug-likeness (QED) is 0.0653. The third-order valence-electron chi connectivity index (χ3n) is 10.7. The van der Waals surface area contributed by atoms with E-state index in [-0.39, 0.29) is 22.4 Å². The van der Waals surface area contributed by atoms with Crippen LogP contribution in [0.4, 0.5) is 11.6 Å². The number of alkyl halides is 2. The van der Waals surface area contributed by atoms with Gasteiger partial charge in [-0.15, -0.1) is 30.6 Å². The summed E-state index contributed by atoms with van der Waals surface area (Å²) in [5.74, 6) is 1.17. The molecule has 0 saturated carbocycles. The number of aliphatic carboxylic acids is 1. The number of carbonyl (C=O) groups excluding carboxylic acids is 1. The highest BCUT2D eigenvalue weighted by Crippen LogP contribution is 2.26. The van der Waals surface area contributed by atoms with Crippen LogP contribution in [-0.4, -0.2) is 73.8 Å². The molecule has 10 aromatic rings. The van der Waals surface area contributed by atoms with E-state index < -0.39 is 10.8 Å². The molecule has 2 atom stereocenters. The van der Waals surface area contributed by atoms with Crippen molar-refractivity contribution in [3.8, 4) is 47.2 Å².